The Labute approximate surface area is 151 Å². The van der Waals surface area contributed by atoms with Crippen LogP contribution in [0.4, 0.5) is 0 Å². The fraction of sp³-hybridized carbons (Fsp3) is 0.952. The molecular formula is C21H43NO2. The maximum Gasteiger partial charge on any atom is 0.320 e. The molecule has 0 bridgehead atoms. The molecular weight excluding hydrogens is 298 g/mol. The van der Waals surface area contributed by atoms with Crippen molar-refractivity contribution in [2.24, 2.45) is 5.92 Å². The van der Waals surface area contributed by atoms with E-state index in [0.29, 0.717) is 0 Å². The number of hydrogen-bond acceptors (Lipinski definition) is 2. The van der Waals surface area contributed by atoms with E-state index < -0.39 is 12.0 Å². The van der Waals surface area contributed by atoms with Gasteiger partial charge in [-0.1, -0.05) is 97.3 Å². The Kier molecular flexibility index (Phi) is 16.8. The number of hydrogen-bond donors (Lipinski definition) is 2. The van der Waals surface area contributed by atoms with Crippen LogP contribution in [-0.2, 0) is 4.79 Å². The highest BCUT2D eigenvalue weighted by atomic mass is 16.4. The Morgan fingerprint density at radius 3 is 1.46 bits per heavy atom. The van der Waals surface area contributed by atoms with Crippen LogP contribution in [0.5, 0.6) is 0 Å². The van der Waals surface area contributed by atoms with Crippen molar-refractivity contribution in [2.45, 2.75) is 117 Å². The summed E-state index contributed by atoms with van der Waals surface area (Å²) < 4.78 is 0. The van der Waals surface area contributed by atoms with Crippen LogP contribution in [0.2, 0.25) is 0 Å². The predicted molar refractivity (Wildman–Crippen MR) is 105 cm³/mol. The highest BCUT2D eigenvalue weighted by Gasteiger charge is 2.07. The van der Waals surface area contributed by atoms with Gasteiger partial charge in [-0.3, -0.25) is 4.79 Å². The second-order valence-corrected chi connectivity index (χ2v) is 7.79. The van der Waals surface area contributed by atoms with E-state index in [1.54, 1.807) is 6.92 Å². The number of carboxylic acids is 1. The van der Waals surface area contributed by atoms with Crippen LogP contribution < -0.4 is 5.32 Å². The summed E-state index contributed by atoms with van der Waals surface area (Å²) in [5.41, 5.74) is 0. The maximum atomic E-state index is 10.6. The third kappa shape index (κ3) is 17.8. The summed E-state index contributed by atoms with van der Waals surface area (Å²) in [5, 5.41) is 11.8. The molecule has 0 aliphatic carbocycles. The minimum absolute atomic E-state index is 0.416. The van der Waals surface area contributed by atoms with Gasteiger partial charge in [-0.15, -0.1) is 0 Å². The van der Waals surface area contributed by atoms with Crippen LogP contribution in [0.1, 0.15) is 111 Å². The minimum atomic E-state index is -0.759. The van der Waals surface area contributed by atoms with E-state index in [2.05, 4.69) is 19.2 Å². The predicted octanol–water partition coefficient (Wildman–Crippen LogP) is 6.17. The van der Waals surface area contributed by atoms with Gasteiger partial charge in [-0.05, 0) is 25.8 Å². The van der Waals surface area contributed by atoms with E-state index in [1.807, 2.05) is 0 Å². The largest absolute Gasteiger partial charge is 0.480 e. The molecule has 3 nitrogen and oxygen atoms in total. The summed E-state index contributed by atoms with van der Waals surface area (Å²) in [6, 6.07) is -0.416. The molecule has 2 N–H and O–H groups in total. The molecule has 0 heterocycles. The number of carbonyl (C=O) groups is 1. The van der Waals surface area contributed by atoms with Crippen molar-refractivity contribution < 1.29 is 9.90 Å². The monoisotopic (exact) mass is 341 g/mol. The topological polar surface area (TPSA) is 49.3 Å². The van der Waals surface area contributed by atoms with Gasteiger partial charge >= 0.3 is 5.97 Å². The van der Waals surface area contributed by atoms with Crippen molar-refractivity contribution in [3.8, 4) is 0 Å². The van der Waals surface area contributed by atoms with Gasteiger partial charge in [0.25, 0.3) is 0 Å². The number of aliphatic carboxylic acids is 1. The van der Waals surface area contributed by atoms with Gasteiger partial charge < -0.3 is 10.4 Å². The van der Waals surface area contributed by atoms with Crippen molar-refractivity contribution in [2.75, 3.05) is 6.54 Å². The summed E-state index contributed by atoms with van der Waals surface area (Å²) in [4.78, 5) is 10.6. The Bertz CT molecular complexity index is 279. The zero-order valence-electron chi connectivity index (χ0n) is 16.6. The van der Waals surface area contributed by atoms with Crippen LogP contribution in [-0.4, -0.2) is 23.7 Å². The van der Waals surface area contributed by atoms with E-state index in [-0.39, 0.29) is 0 Å². The smallest absolute Gasteiger partial charge is 0.320 e. The van der Waals surface area contributed by atoms with Crippen LogP contribution in [0.3, 0.4) is 0 Å². The molecule has 0 rings (SSSR count). The quantitative estimate of drug-likeness (QED) is 0.293. The Morgan fingerprint density at radius 1 is 0.708 bits per heavy atom. The molecule has 0 aromatic carbocycles. The first kappa shape index (κ1) is 23.4. The van der Waals surface area contributed by atoms with Gasteiger partial charge in [0.2, 0.25) is 0 Å². The average molecular weight is 342 g/mol. The molecule has 1 atom stereocenters. The fourth-order valence-electron chi connectivity index (χ4n) is 3.03. The molecule has 0 amide bonds. The molecule has 0 aromatic rings. The summed E-state index contributed by atoms with van der Waals surface area (Å²) in [5.74, 6) is 0.111. The molecule has 0 fully saturated rings. The first-order valence-electron chi connectivity index (χ1n) is 10.5. The third-order valence-electron chi connectivity index (χ3n) is 4.78. The van der Waals surface area contributed by atoms with E-state index in [4.69, 9.17) is 5.11 Å². The van der Waals surface area contributed by atoms with E-state index in [9.17, 15) is 4.79 Å². The van der Waals surface area contributed by atoms with Crippen molar-refractivity contribution >= 4 is 5.97 Å². The van der Waals surface area contributed by atoms with E-state index >= 15 is 0 Å². The number of unbranched alkanes of at least 4 members (excludes halogenated alkanes) is 12. The minimum Gasteiger partial charge on any atom is -0.480 e. The van der Waals surface area contributed by atoms with E-state index in [0.717, 1.165) is 18.9 Å². The second kappa shape index (κ2) is 17.3. The molecule has 0 aliphatic heterocycles. The molecule has 3 heteroatoms. The Hall–Kier alpha value is -0.570. The van der Waals surface area contributed by atoms with Crippen LogP contribution >= 0.6 is 0 Å². The number of rotatable bonds is 18. The van der Waals surface area contributed by atoms with E-state index in [1.165, 1.54) is 83.5 Å². The van der Waals surface area contributed by atoms with Crippen molar-refractivity contribution in [1.82, 2.24) is 5.32 Å². The number of nitrogens with one attached hydrogen (secondary N) is 1. The Morgan fingerprint density at radius 2 is 1.08 bits per heavy atom. The Balaban J connectivity index is 3.06. The lowest BCUT2D eigenvalue weighted by Gasteiger charge is -2.08. The molecule has 0 spiro atoms. The molecule has 0 saturated heterocycles. The third-order valence-corrected chi connectivity index (χ3v) is 4.78. The molecule has 0 unspecified atom stereocenters. The van der Waals surface area contributed by atoms with Crippen molar-refractivity contribution in [1.29, 1.82) is 0 Å². The van der Waals surface area contributed by atoms with Gasteiger partial charge in [0.15, 0.2) is 0 Å². The summed E-state index contributed by atoms with van der Waals surface area (Å²) in [6.45, 7) is 7.16. The summed E-state index contributed by atoms with van der Waals surface area (Å²) in [6.07, 6.45) is 19.1. The van der Waals surface area contributed by atoms with Crippen molar-refractivity contribution in [3.05, 3.63) is 0 Å². The first-order chi connectivity index (χ1) is 11.5. The molecule has 0 aliphatic rings. The van der Waals surface area contributed by atoms with Crippen LogP contribution in [0.25, 0.3) is 0 Å². The molecule has 0 saturated carbocycles. The maximum absolute atomic E-state index is 10.6. The lowest BCUT2D eigenvalue weighted by atomic mass is 10.0. The second-order valence-electron chi connectivity index (χ2n) is 7.79. The van der Waals surface area contributed by atoms with Gasteiger partial charge in [-0.25, -0.2) is 0 Å². The van der Waals surface area contributed by atoms with Crippen LogP contribution in [0, 0.1) is 5.92 Å². The average Bonchev–Trinajstić information content (AvgIpc) is 2.53. The normalized spacial score (nSPS) is 12.7. The van der Waals surface area contributed by atoms with Gasteiger partial charge in [0.05, 0.1) is 0 Å². The lowest BCUT2D eigenvalue weighted by Crippen LogP contribution is -2.34. The molecule has 24 heavy (non-hydrogen) atoms. The van der Waals surface area contributed by atoms with Crippen LogP contribution in [0.15, 0.2) is 0 Å². The lowest BCUT2D eigenvalue weighted by molar-refractivity contribution is -0.138. The summed E-state index contributed by atoms with van der Waals surface area (Å²) in [7, 11) is 0. The van der Waals surface area contributed by atoms with Gasteiger partial charge in [-0.2, -0.15) is 0 Å². The standard InChI is InChI=1S/C21H43NO2/c1-19(2)17-15-13-11-9-7-5-4-6-8-10-12-14-16-18-22-20(3)21(23)24/h19-20,22H,4-18H2,1-3H3,(H,23,24)/t20-/m0/s1. The summed E-state index contributed by atoms with van der Waals surface area (Å²) >= 11 is 0. The highest BCUT2D eigenvalue weighted by molar-refractivity contribution is 5.72. The fourth-order valence-corrected chi connectivity index (χ4v) is 3.03. The van der Waals surface area contributed by atoms with Crippen molar-refractivity contribution in [3.63, 3.8) is 0 Å². The molecule has 144 valence electrons. The highest BCUT2D eigenvalue weighted by Crippen LogP contribution is 2.14. The molecule has 0 radical (unpaired) electrons. The zero-order chi connectivity index (χ0) is 18.0. The molecule has 0 aromatic heterocycles. The first-order valence-corrected chi connectivity index (χ1v) is 10.5. The number of carboxylic acid groups (broad SMARTS) is 1. The zero-order valence-corrected chi connectivity index (χ0v) is 16.6. The SMILES string of the molecule is CC(C)CCCCCCCCCCCCCCCN[C@@H](C)C(=O)O. The van der Waals surface area contributed by atoms with Gasteiger partial charge in [0.1, 0.15) is 6.04 Å². The van der Waals surface area contributed by atoms with Gasteiger partial charge in [0, 0.05) is 0 Å².